The van der Waals surface area contributed by atoms with E-state index in [0.29, 0.717) is 31.8 Å². The highest BCUT2D eigenvalue weighted by Crippen LogP contribution is 2.37. The molecule has 0 bridgehead atoms. The molecule has 1 unspecified atom stereocenters. The Morgan fingerprint density at radius 1 is 1.30 bits per heavy atom. The number of alkyl halides is 3. The zero-order chi connectivity index (χ0) is 14.9. The summed E-state index contributed by atoms with van der Waals surface area (Å²) in [5, 5.41) is -0.185. The predicted octanol–water partition coefficient (Wildman–Crippen LogP) is 4.02. The van der Waals surface area contributed by atoms with Crippen molar-refractivity contribution in [3.05, 3.63) is 49.9 Å². The smallest absolute Gasteiger partial charge is 0.271 e. The highest BCUT2D eigenvalue weighted by Gasteiger charge is 2.35. The van der Waals surface area contributed by atoms with E-state index in [-0.39, 0.29) is 0 Å². The Bertz CT molecular complexity index is 615. The van der Waals surface area contributed by atoms with Crippen LogP contribution in [0.2, 0.25) is 10.0 Å². The van der Waals surface area contributed by atoms with Crippen LogP contribution in [-0.2, 0) is 6.18 Å². The van der Waals surface area contributed by atoms with Gasteiger partial charge in [0.15, 0.2) is 5.01 Å². The summed E-state index contributed by atoms with van der Waals surface area (Å²) in [6.45, 7) is 0. The molecule has 0 radical (unpaired) electrons. The van der Waals surface area contributed by atoms with E-state index in [9.17, 15) is 13.2 Å². The maximum Gasteiger partial charge on any atom is 0.443 e. The molecule has 0 saturated carbocycles. The Morgan fingerprint density at radius 2 is 2.00 bits per heavy atom. The number of nitrogens with two attached hydrogens (primary N) is 1. The number of nitrogens with one attached hydrogen (secondary N) is 1. The minimum absolute atomic E-state index is 0.295. The van der Waals surface area contributed by atoms with Gasteiger partial charge in [-0.2, -0.15) is 13.2 Å². The van der Waals surface area contributed by atoms with E-state index in [1.54, 1.807) is 18.2 Å². The molecule has 1 atom stereocenters. The van der Waals surface area contributed by atoms with Crippen LogP contribution in [0.5, 0.6) is 0 Å². The first kappa shape index (κ1) is 15.5. The molecule has 0 saturated heterocycles. The number of hydrazine groups is 1. The van der Waals surface area contributed by atoms with Crippen LogP contribution >= 0.6 is 34.5 Å². The van der Waals surface area contributed by atoms with Gasteiger partial charge in [0.25, 0.3) is 0 Å². The lowest BCUT2D eigenvalue weighted by atomic mass is 10.1. The number of aromatic nitrogens is 1. The van der Waals surface area contributed by atoms with Crippen molar-refractivity contribution in [1.29, 1.82) is 0 Å². The Kier molecular flexibility index (Phi) is 4.55. The second-order valence-corrected chi connectivity index (χ2v) is 5.74. The molecular weight excluding hydrogens is 334 g/mol. The van der Waals surface area contributed by atoms with Gasteiger partial charge in [0, 0.05) is 21.1 Å². The van der Waals surface area contributed by atoms with Gasteiger partial charge in [-0.15, -0.1) is 11.3 Å². The van der Waals surface area contributed by atoms with Gasteiger partial charge in [-0.1, -0.05) is 23.2 Å². The summed E-state index contributed by atoms with van der Waals surface area (Å²) >= 11 is 12.4. The van der Waals surface area contributed by atoms with Gasteiger partial charge in [0.2, 0.25) is 0 Å². The van der Waals surface area contributed by atoms with Crippen molar-refractivity contribution in [3.8, 4) is 0 Å². The third-order valence-electron chi connectivity index (χ3n) is 2.49. The third kappa shape index (κ3) is 3.24. The minimum atomic E-state index is -4.49. The second kappa shape index (κ2) is 5.87. The second-order valence-electron chi connectivity index (χ2n) is 3.83. The standard InChI is InChI=1S/C11H8Cl2F3N3S/c12-5-1-2-7(13)6(3-5)9(19-17)8-4-18-10(20-8)11(14,15)16/h1-4,9,19H,17H2. The summed E-state index contributed by atoms with van der Waals surface area (Å²) in [6, 6.07) is 3.96. The summed E-state index contributed by atoms with van der Waals surface area (Å²) in [7, 11) is 0. The molecule has 1 heterocycles. The van der Waals surface area contributed by atoms with Crippen molar-refractivity contribution < 1.29 is 13.2 Å². The molecule has 0 aliphatic heterocycles. The van der Waals surface area contributed by atoms with Gasteiger partial charge in [-0.3, -0.25) is 5.84 Å². The first-order valence-corrected chi connectivity index (χ1v) is 6.84. The summed E-state index contributed by atoms with van der Waals surface area (Å²) in [5.41, 5.74) is 2.91. The van der Waals surface area contributed by atoms with E-state index in [1.165, 1.54) is 0 Å². The number of nitrogens with zero attached hydrogens (tertiary/aromatic N) is 1. The number of rotatable bonds is 3. The fourth-order valence-electron chi connectivity index (χ4n) is 1.61. The average Bonchev–Trinajstić information content (AvgIpc) is 2.84. The molecule has 0 spiro atoms. The molecule has 0 fully saturated rings. The van der Waals surface area contributed by atoms with Crippen LogP contribution in [0.15, 0.2) is 24.4 Å². The summed E-state index contributed by atoms with van der Waals surface area (Å²) < 4.78 is 37.7. The topological polar surface area (TPSA) is 50.9 Å². The van der Waals surface area contributed by atoms with E-state index in [4.69, 9.17) is 29.0 Å². The zero-order valence-corrected chi connectivity index (χ0v) is 12.0. The van der Waals surface area contributed by atoms with Gasteiger partial charge in [-0.25, -0.2) is 10.4 Å². The van der Waals surface area contributed by atoms with Crippen molar-refractivity contribution in [2.75, 3.05) is 0 Å². The van der Waals surface area contributed by atoms with Crippen LogP contribution in [0.4, 0.5) is 13.2 Å². The number of hydrogen-bond acceptors (Lipinski definition) is 4. The SMILES string of the molecule is NNC(c1cnc(C(F)(F)F)s1)c1cc(Cl)ccc1Cl. The van der Waals surface area contributed by atoms with Gasteiger partial charge in [0.05, 0.1) is 6.04 Å². The molecule has 1 aromatic heterocycles. The van der Waals surface area contributed by atoms with Gasteiger partial charge in [-0.05, 0) is 23.8 Å². The minimum Gasteiger partial charge on any atom is -0.271 e. The molecule has 108 valence electrons. The molecule has 3 N–H and O–H groups in total. The lowest BCUT2D eigenvalue weighted by molar-refractivity contribution is -0.137. The van der Waals surface area contributed by atoms with E-state index >= 15 is 0 Å². The fourth-order valence-corrected chi connectivity index (χ4v) is 2.88. The Hall–Kier alpha value is -0.860. The van der Waals surface area contributed by atoms with Crippen molar-refractivity contribution in [1.82, 2.24) is 10.4 Å². The number of hydrogen-bond donors (Lipinski definition) is 2. The van der Waals surface area contributed by atoms with Gasteiger partial charge in [0.1, 0.15) is 0 Å². The third-order valence-corrected chi connectivity index (χ3v) is 4.17. The van der Waals surface area contributed by atoms with Crippen LogP contribution in [-0.4, -0.2) is 4.98 Å². The molecular formula is C11H8Cl2F3N3S. The molecule has 0 aliphatic carbocycles. The van der Waals surface area contributed by atoms with E-state index in [2.05, 4.69) is 10.4 Å². The van der Waals surface area contributed by atoms with Crippen LogP contribution in [0, 0.1) is 0 Å². The van der Waals surface area contributed by atoms with Crippen LogP contribution in [0.3, 0.4) is 0 Å². The number of halogens is 5. The molecule has 1 aromatic carbocycles. The first-order valence-electron chi connectivity index (χ1n) is 5.27. The van der Waals surface area contributed by atoms with E-state index < -0.39 is 17.2 Å². The van der Waals surface area contributed by atoms with Crippen LogP contribution in [0.25, 0.3) is 0 Å². The van der Waals surface area contributed by atoms with Crippen molar-refractivity contribution in [3.63, 3.8) is 0 Å². The van der Waals surface area contributed by atoms with Crippen LogP contribution < -0.4 is 11.3 Å². The number of thiazole rings is 1. The van der Waals surface area contributed by atoms with Crippen LogP contribution in [0.1, 0.15) is 21.5 Å². The van der Waals surface area contributed by atoms with Crippen molar-refractivity contribution in [2.24, 2.45) is 5.84 Å². The van der Waals surface area contributed by atoms with Crippen molar-refractivity contribution in [2.45, 2.75) is 12.2 Å². The highest BCUT2D eigenvalue weighted by molar-refractivity contribution is 7.11. The quantitative estimate of drug-likeness (QED) is 0.654. The van der Waals surface area contributed by atoms with E-state index in [0.717, 1.165) is 6.20 Å². The van der Waals surface area contributed by atoms with E-state index in [1.807, 2.05) is 0 Å². The molecule has 0 amide bonds. The summed E-state index contributed by atoms with van der Waals surface area (Å²) in [4.78, 5) is 3.65. The Labute approximate surface area is 126 Å². The number of benzene rings is 1. The summed E-state index contributed by atoms with van der Waals surface area (Å²) in [5.74, 6) is 5.42. The summed E-state index contributed by atoms with van der Waals surface area (Å²) in [6.07, 6.45) is -3.37. The normalized spacial score (nSPS) is 13.5. The lowest BCUT2D eigenvalue weighted by Crippen LogP contribution is -2.28. The molecule has 20 heavy (non-hydrogen) atoms. The fraction of sp³-hybridized carbons (Fsp3) is 0.182. The molecule has 3 nitrogen and oxygen atoms in total. The Morgan fingerprint density at radius 3 is 2.55 bits per heavy atom. The lowest BCUT2D eigenvalue weighted by Gasteiger charge is -2.16. The molecule has 2 aromatic rings. The maximum atomic E-state index is 12.6. The van der Waals surface area contributed by atoms with Crippen molar-refractivity contribution >= 4 is 34.5 Å². The predicted molar refractivity (Wildman–Crippen MR) is 72.7 cm³/mol. The average molecular weight is 342 g/mol. The molecule has 0 aliphatic rings. The largest absolute Gasteiger partial charge is 0.443 e. The zero-order valence-electron chi connectivity index (χ0n) is 9.71. The highest BCUT2D eigenvalue weighted by atomic mass is 35.5. The molecule has 9 heteroatoms. The Balaban J connectivity index is 2.42. The maximum absolute atomic E-state index is 12.6. The molecule has 2 rings (SSSR count). The van der Waals surface area contributed by atoms with Gasteiger partial charge >= 0.3 is 6.18 Å². The monoisotopic (exact) mass is 341 g/mol. The first-order chi connectivity index (χ1) is 9.32. The van der Waals surface area contributed by atoms with Gasteiger partial charge < -0.3 is 0 Å².